The molecule has 0 fully saturated rings. The predicted molar refractivity (Wildman–Crippen MR) is 89.3 cm³/mol. The van der Waals surface area contributed by atoms with Crippen LogP contribution in [0.4, 0.5) is 5.69 Å². The quantitative estimate of drug-likeness (QED) is 0.883. The third-order valence-electron chi connectivity index (χ3n) is 3.40. The Bertz CT molecular complexity index is 696. The molecule has 1 N–H and O–H groups in total. The van der Waals surface area contributed by atoms with Crippen molar-refractivity contribution in [1.82, 2.24) is 4.90 Å². The Labute approximate surface area is 135 Å². The smallest absolute Gasteiger partial charge is 0.313 e. The first kappa shape index (κ1) is 16.5. The molecule has 2 aromatic carbocycles. The van der Waals surface area contributed by atoms with Gasteiger partial charge in [0.2, 0.25) is 0 Å². The maximum atomic E-state index is 12.2. The highest BCUT2D eigenvalue weighted by atomic mass is 16.5. The lowest BCUT2D eigenvalue weighted by molar-refractivity contribution is -0.142. The zero-order chi connectivity index (χ0) is 16.8. The molecule has 0 saturated carbocycles. The molecule has 2 aromatic rings. The summed E-state index contributed by atoms with van der Waals surface area (Å²) in [6, 6.07) is 14.7. The number of aryl methyl sites for hydroxylation is 1. The van der Waals surface area contributed by atoms with E-state index < -0.39 is 11.8 Å². The highest BCUT2D eigenvalue weighted by Gasteiger charge is 2.19. The largest absolute Gasteiger partial charge is 0.497 e. The highest BCUT2D eigenvalue weighted by Crippen LogP contribution is 2.14. The molecule has 0 saturated heterocycles. The van der Waals surface area contributed by atoms with Gasteiger partial charge in [0.1, 0.15) is 5.75 Å². The van der Waals surface area contributed by atoms with E-state index in [1.807, 2.05) is 43.3 Å². The Morgan fingerprint density at radius 3 is 2.48 bits per heavy atom. The summed E-state index contributed by atoms with van der Waals surface area (Å²) in [5.41, 5.74) is 2.58. The summed E-state index contributed by atoms with van der Waals surface area (Å²) >= 11 is 0. The average molecular weight is 312 g/mol. The molecule has 0 unspecified atom stereocenters. The van der Waals surface area contributed by atoms with Crippen LogP contribution in [-0.2, 0) is 16.1 Å². The molecular formula is C18H20N2O3. The number of likely N-dealkylation sites (N-methyl/N-ethyl adjacent to an activating group) is 1. The maximum Gasteiger partial charge on any atom is 0.313 e. The van der Waals surface area contributed by atoms with Crippen LogP contribution in [0.1, 0.15) is 11.1 Å². The molecule has 23 heavy (non-hydrogen) atoms. The number of nitrogens with one attached hydrogen (secondary N) is 1. The minimum absolute atomic E-state index is 0.331. The number of benzene rings is 2. The summed E-state index contributed by atoms with van der Waals surface area (Å²) in [6.45, 7) is 2.29. The molecule has 2 amide bonds. The second-order valence-electron chi connectivity index (χ2n) is 5.33. The number of hydrogen-bond donors (Lipinski definition) is 1. The Kier molecular flexibility index (Phi) is 5.36. The Balaban J connectivity index is 1.98. The van der Waals surface area contributed by atoms with Gasteiger partial charge in [0.25, 0.3) is 0 Å². The SMILES string of the molecule is COc1cccc(CN(C)C(=O)C(=O)Nc2ccc(C)cc2)c1. The molecule has 0 atom stereocenters. The van der Waals surface area contributed by atoms with Crippen LogP contribution in [0.3, 0.4) is 0 Å². The molecule has 0 aromatic heterocycles. The zero-order valence-electron chi connectivity index (χ0n) is 13.5. The summed E-state index contributed by atoms with van der Waals surface area (Å²) in [5, 5.41) is 2.60. The lowest BCUT2D eigenvalue weighted by atomic mass is 10.2. The van der Waals surface area contributed by atoms with Crippen LogP contribution in [0.5, 0.6) is 5.75 Å². The standard InChI is InChI=1S/C18H20N2O3/c1-13-7-9-15(10-8-13)19-17(21)18(22)20(2)12-14-5-4-6-16(11-14)23-3/h4-11H,12H2,1-3H3,(H,19,21). The minimum Gasteiger partial charge on any atom is -0.497 e. The van der Waals surface area contributed by atoms with E-state index >= 15 is 0 Å². The monoisotopic (exact) mass is 312 g/mol. The van der Waals surface area contributed by atoms with Gasteiger partial charge in [-0.15, -0.1) is 0 Å². The van der Waals surface area contributed by atoms with E-state index in [0.29, 0.717) is 18.0 Å². The van der Waals surface area contributed by atoms with Gasteiger partial charge in [-0.25, -0.2) is 0 Å². The van der Waals surface area contributed by atoms with Crippen molar-refractivity contribution >= 4 is 17.5 Å². The van der Waals surface area contributed by atoms with Gasteiger partial charge in [-0.3, -0.25) is 9.59 Å². The van der Waals surface area contributed by atoms with Gasteiger partial charge in [-0.1, -0.05) is 29.8 Å². The van der Waals surface area contributed by atoms with Gasteiger partial charge in [0.15, 0.2) is 0 Å². The first-order chi connectivity index (χ1) is 11.0. The van der Waals surface area contributed by atoms with Gasteiger partial charge in [-0.2, -0.15) is 0 Å². The van der Waals surface area contributed by atoms with E-state index in [0.717, 1.165) is 11.1 Å². The average Bonchev–Trinajstić information content (AvgIpc) is 2.56. The molecule has 0 aliphatic carbocycles. The van der Waals surface area contributed by atoms with E-state index in [-0.39, 0.29) is 0 Å². The van der Waals surface area contributed by atoms with Crippen molar-refractivity contribution in [3.05, 3.63) is 59.7 Å². The molecule has 0 spiro atoms. The van der Waals surface area contributed by atoms with Crippen molar-refractivity contribution in [2.24, 2.45) is 0 Å². The molecule has 0 heterocycles. The van der Waals surface area contributed by atoms with Crippen LogP contribution in [0.15, 0.2) is 48.5 Å². The normalized spacial score (nSPS) is 10.0. The predicted octanol–water partition coefficient (Wildman–Crippen LogP) is 2.60. The number of hydrogen-bond acceptors (Lipinski definition) is 3. The molecule has 0 aliphatic heterocycles. The summed E-state index contributed by atoms with van der Waals surface area (Å²) in [4.78, 5) is 25.6. The Hall–Kier alpha value is -2.82. The molecule has 120 valence electrons. The van der Waals surface area contributed by atoms with Gasteiger partial charge >= 0.3 is 11.8 Å². The van der Waals surface area contributed by atoms with Crippen molar-refractivity contribution in [3.8, 4) is 5.75 Å². The zero-order valence-corrected chi connectivity index (χ0v) is 13.5. The number of anilines is 1. The minimum atomic E-state index is -0.653. The first-order valence-corrected chi connectivity index (χ1v) is 7.25. The van der Waals surface area contributed by atoms with E-state index in [1.54, 1.807) is 26.3 Å². The topological polar surface area (TPSA) is 58.6 Å². The van der Waals surface area contributed by atoms with Gasteiger partial charge in [0.05, 0.1) is 7.11 Å². The molecular weight excluding hydrogens is 292 g/mol. The van der Waals surface area contributed by atoms with Crippen LogP contribution >= 0.6 is 0 Å². The first-order valence-electron chi connectivity index (χ1n) is 7.25. The molecule has 0 bridgehead atoms. The van der Waals surface area contributed by atoms with Crippen molar-refractivity contribution in [3.63, 3.8) is 0 Å². The van der Waals surface area contributed by atoms with Crippen LogP contribution in [0.25, 0.3) is 0 Å². The second-order valence-corrected chi connectivity index (χ2v) is 5.33. The van der Waals surface area contributed by atoms with Crippen LogP contribution in [0.2, 0.25) is 0 Å². The molecule has 0 aliphatic rings. The van der Waals surface area contributed by atoms with Crippen LogP contribution in [0, 0.1) is 6.92 Å². The van der Waals surface area contributed by atoms with E-state index in [4.69, 9.17) is 4.74 Å². The van der Waals surface area contributed by atoms with Crippen molar-refractivity contribution < 1.29 is 14.3 Å². The Morgan fingerprint density at radius 1 is 1.13 bits per heavy atom. The molecule has 5 heteroatoms. The number of carbonyl (C=O) groups is 2. The number of rotatable bonds is 4. The van der Waals surface area contributed by atoms with Gasteiger partial charge < -0.3 is 15.0 Å². The molecule has 5 nitrogen and oxygen atoms in total. The van der Waals surface area contributed by atoms with Gasteiger partial charge in [-0.05, 0) is 36.8 Å². The van der Waals surface area contributed by atoms with Crippen molar-refractivity contribution in [2.45, 2.75) is 13.5 Å². The fraction of sp³-hybridized carbons (Fsp3) is 0.222. The number of nitrogens with zero attached hydrogens (tertiary/aromatic N) is 1. The number of amides is 2. The lowest BCUT2D eigenvalue weighted by Crippen LogP contribution is -2.36. The van der Waals surface area contributed by atoms with Crippen LogP contribution in [-0.4, -0.2) is 30.9 Å². The second kappa shape index (κ2) is 7.45. The summed E-state index contributed by atoms with van der Waals surface area (Å²) < 4.78 is 5.15. The third-order valence-corrected chi connectivity index (χ3v) is 3.40. The van der Waals surface area contributed by atoms with E-state index in [9.17, 15) is 9.59 Å². The summed E-state index contributed by atoms with van der Waals surface area (Å²) in [5.74, 6) is -0.528. The fourth-order valence-corrected chi connectivity index (χ4v) is 2.11. The molecule has 2 rings (SSSR count). The fourth-order valence-electron chi connectivity index (χ4n) is 2.11. The van der Waals surface area contributed by atoms with E-state index in [2.05, 4.69) is 5.32 Å². The number of ether oxygens (including phenoxy) is 1. The number of methoxy groups -OCH3 is 1. The highest BCUT2D eigenvalue weighted by molar-refractivity contribution is 6.39. The Morgan fingerprint density at radius 2 is 1.83 bits per heavy atom. The lowest BCUT2D eigenvalue weighted by Gasteiger charge is -2.17. The molecule has 0 radical (unpaired) electrons. The third kappa shape index (κ3) is 4.57. The van der Waals surface area contributed by atoms with Crippen molar-refractivity contribution in [1.29, 1.82) is 0 Å². The van der Waals surface area contributed by atoms with Crippen molar-refractivity contribution in [2.75, 3.05) is 19.5 Å². The van der Waals surface area contributed by atoms with Crippen LogP contribution < -0.4 is 10.1 Å². The summed E-state index contributed by atoms with van der Waals surface area (Å²) in [7, 11) is 3.18. The maximum absolute atomic E-state index is 12.2. The van der Waals surface area contributed by atoms with Gasteiger partial charge in [0, 0.05) is 19.3 Å². The van der Waals surface area contributed by atoms with E-state index in [1.165, 1.54) is 4.90 Å². The summed E-state index contributed by atoms with van der Waals surface area (Å²) in [6.07, 6.45) is 0. The number of carbonyl (C=O) groups excluding carboxylic acids is 2.